The van der Waals surface area contributed by atoms with Gasteiger partial charge in [0.1, 0.15) is 11.5 Å². The van der Waals surface area contributed by atoms with Crippen LogP contribution in [-0.4, -0.2) is 31.9 Å². The molecule has 0 saturated carbocycles. The standard InChI is InChI=1S/C16H25NO2/c1-11(2)14-10-13(7-8-16(14)19-6)15(17(4)5)9-12(3)18/h7-8,10-11,15H,9H2,1-6H3. The molecule has 1 atom stereocenters. The molecule has 3 nitrogen and oxygen atoms in total. The number of rotatable bonds is 6. The molecule has 19 heavy (non-hydrogen) atoms. The van der Waals surface area contributed by atoms with E-state index < -0.39 is 0 Å². The quantitative estimate of drug-likeness (QED) is 0.788. The molecule has 0 aliphatic heterocycles. The molecule has 0 heterocycles. The van der Waals surface area contributed by atoms with Crippen LogP contribution in [-0.2, 0) is 4.79 Å². The second-order valence-corrected chi connectivity index (χ2v) is 5.54. The molecule has 106 valence electrons. The van der Waals surface area contributed by atoms with Crippen molar-refractivity contribution in [3.05, 3.63) is 29.3 Å². The Balaban J connectivity index is 3.17. The van der Waals surface area contributed by atoms with Crippen LogP contribution in [0.25, 0.3) is 0 Å². The molecule has 0 aromatic heterocycles. The van der Waals surface area contributed by atoms with E-state index in [0.717, 1.165) is 5.75 Å². The van der Waals surface area contributed by atoms with Crippen LogP contribution >= 0.6 is 0 Å². The molecule has 0 radical (unpaired) electrons. The lowest BCUT2D eigenvalue weighted by Crippen LogP contribution is -2.22. The largest absolute Gasteiger partial charge is 0.496 e. The van der Waals surface area contributed by atoms with Crippen molar-refractivity contribution in [2.24, 2.45) is 0 Å². The maximum Gasteiger partial charge on any atom is 0.131 e. The van der Waals surface area contributed by atoms with Crippen molar-refractivity contribution < 1.29 is 9.53 Å². The molecule has 1 rings (SSSR count). The van der Waals surface area contributed by atoms with Crippen LogP contribution in [0.1, 0.15) is 50.3 Å². The molecule has 0 aliphatic rings. The number of hydrogen-bond acceptors (Lipinski definition) is 3. The van der Waals surface area contributed by atoms with Crippen LogP contribution in [0.4, 0.5) is 0 Å². The Hall–Kier alpha value is -1.35. The fourth-order valence-corrected chi connectivity index (χ4v) is 2.28. The van der Waals surface area contributed by atoms with Gasteiger partial charge in [-0.3, -0.25) is 4.79 Å². The van der Waals surface area contributed by atoms with Gasteiger partial charge in [-0.05, 0) is 44.1 Å². The lowest BCUT2D eigenvalue weighted by atomic mass is 9.94. The highest BCUT2D eigenvalue weighted by Gasteiger charge is 2.18. The first-order valence-corrected chi connectivity index (χ1v) is 6.70. The third-order valence-corrected chi connectivity index (χ3v) is 3.36. The fraction of sp³-hybridized carbons (Fsp3) is 0.562. The minimum atomic E-state index is 0.126. The summed E-state index contributed by atoms with van der Waals surface area (Å²) in [5.74, 6) is 1.52. The molecule has 1 aromatic carbocycles. The number of hydrogen-bond donors (Lipinski definition) is 0. The molecule has 0 N–H and O–H groups in total. The summed E-state index contributed by atoms with van der Waals surface area (Å²) in [6.45, 7) is 5.94. The Morgan fingerprint density at radius 2 is 1.95 bits per heavy atom. The van der Waals surface area contributed by atoms with Gasteiger partial charge in [0.05, 0.1) is 7.11 Å². The normalized spacial score (nSPS) is 12.8. The number of methoxy groups -OCH3 is 1. The summed E-state index contributed by atoms with van der Waals surface area (Å²) in [5, 5.41) is 0. The van der Waals surface area contributed by atoms with E-state index in [2.05, 4.69) is 30.9 Å². The maximum absolute atomic E-state index is 11.4. The monoisotopic (exact) mass is 263 g/mol. The van der Waals surface area contributed by atoms with Gasteiger partial charge in [-0.2, -0.15) is 0 Å². The van der Waals surface area contributed by atoms with Gasteiger partial charge in [-0.1, -0.05) is 26.0 Å². The van der Waals surface area contributed by atoms with Crippen molar-refractivity contribution >= 4 is 5.78 Å². The molecular formula is C16H25NO2. The molecule has 1 aromatic rings. The van der Waals surface area contributed by atoms with Crippen molar-refractivity contribution in [3.8, 4) is 5.75 Å². The number of carbonyl (C=O) groups excluding carboxylic acids is 1. The van der Waals surface area contributed by atoms with Gasteiger partial charge in [0.15, 0.2) is 0 Å². The van der Waals surface area contributed by atoms with Crippen molar-refractivity contribution in [2.75, 3.05) is 21.2 Å². The molecule has 1 unspecified atom stereocenters. The van der Waals surface area contributed by atoms with E-state index in [1.807, 2.05) is 20.2 Å². The maximum atomic E-state index is 11.4. The minimum absolute atomic E-state index is 0.126. The SMILES string of the molecule is COc1ccc(C(CC(C)=O)N(C)C)cc1C(C)C. The molecule has 3 heteroatoms. The predicted molar refractivity (Wildman–Crippen MR) is 78.8 cm³/mol. The van der Waals surface area contributed by atoms with E-state index >= 15 is 0 Å². The molecule has 0 aliphatic carbocycles. The molecule has 0 saturated heterocycles. The number of ketones is 1. The van der Waals surface area contributed by atoms with Gasteiger partial charge in [-0.15, -0.1) is 0 Å². The molecule has 0 fully saturated rings. The zero-order valence-electron chi connectivity index (χ0n) is 12.9. The first kappa shape index (κ1) is 15.7. The second kappa shape index (κ2) is 6.71. The average molecular weight is 263 g/mol. The summed E-state index contributed by atoms with van der Waals surface area (Å²) in [4.78, 5) is 13.5. The summed E-state index contributed by atoms with van der Waals surface area (Å²) in [6.07, 6.45) is 0.539. The van der Waals surface area contributed by atoms with E-state index in [4.69, 9.17) is 4.74 Å². The van der Waals surface area contributed by atoms with E-state index in [9.17, 15) is 4.79 Å². The zero-order chi connectivity index (χ0) is 14.6. The van der Waals surface area contributed by atoms with Gasteiger partial charge >= 0.3 is 0 Å². The first-order valence-electron chi connectivity index (χ1n) is 6.70. The zero-order valence-corrected chi connectivity index (χ0v) is 12.9. The van der Waals surface area contributed by atoms with Crippen LogP contribution in [0, 0.1) is 0 Å². The summed E-state index contributed by atoms with van der Waals surface area (Å²) in [5.41, 5.74) is 2.36. The average Bonchev–Trinajstić information content (AvgIpc) is 2.34. The molecule has 0 spiro atoms. The van der Waals surface area contributed by atoms with Crippen molar-refractivity contribution in [1.82, 2.24) is 4.90 Å². The fourth-order valence-electron chi connectivity index (χ4n) is 2.28. The minimum Gasteiger partial charge on any atom is -0.496 e. The Kier molecular flexibility index (Phi) is 5.55. The number of benzene rings is 1. The van der Waals surface area contributed by atoms with Crippen LogP contribution in [0.3, 0.4) is 0 Å². The lowest BCUT2D eigenvalue weighted by molar-refractivity contribution is -0.118. The van der Waals surface area contributed by atoms with Crippen molar-refractivity contribution in [1.29, 1.82) is 0 Å². The topological polar surface area (TPSA) is 29.5 Å². The van der Waals surface area contributed by atoms with Crippen LogP contribution in [0.5, 0.6) is 5.75 Å². The number of ether oxygens (including phenoxy) is 1. The van der Waals surface area contributed by atoms with E-state index in [-0.39, 0.29) is 11.8 Å². The van der Waals surface area contributed by atoms with Gasteiger partial charge in [0, 0.05) is 12.5 Å². The van der Waals surface area contributed by atoms with E-state index in [0.29, 0.717) is 12.3 Å². The summed E-state index contributed by atoms with van der Waals surface area (Å²) < 4.78 is 5.40. The van der Waals surface area contributed by atoms with Crippen molar-refractivity contribution in [3.63, 3.8) is 0 Å². The smallest absolute Gasteiger partial charge is 0.131 e. The summed E-state index contributed by atoms with van der Waals surface area (Å²) in [7, 11) is 5.71. The predicted octanol–water partition coefficient (Wildman–Crippen LogP) is 3.40. The number of nitrogens with zero attached hydrogens (tertiary/aromatic N) is 1. The van der Waals surface area contributed by atoms with Crippen LogP contribution in [0.15, 0.2) is 18.2 Å². The first-order chi connectivity index (χ1) is 8.86. The Morgan fingerprint density at radius 3 is 2.37 bits per heavy atom. The molecular weight excluding hydrogens is 238 g/mol. The Bertz CT molecular complexity index is 438. The lowest BCUT2D eigenvalue weighted by Gasteiger charge is -2.25. The number of carbonyl (C=O) groups is 1. The number of Topliss-reactive ketones (excluding diaryl/α,β-unsaturated/α-hetero) is 1. The van der Waals surface area contributed by atoms with Crippen LogP contribution in [0.2, 0.25) is 0 Å². The van der Waals surface area contributed by atoms with Gasteiger partial charge in [-0.25, -0.2) is 0 Å². The summed E-state index contributed by atoms with van der Waals surface area (Å²) in [6, 6.07) is 6.34. The van der Waals surface area contributed by atoms with Crippen LogP contribution < -0.4 is 4.74 Å². The van der Waals surface area contributed by atoms with Gasteiger partial charge in [0.2, 0.25) is 0 Å². The second-order valence-electron chi connectivity index (χ2n) is 5.54. The molecule has 0 amide bonds. The van der Waals surface area contributed by atoms with Gasteiger partial charge in [0.25, 0.3) is 0 Å². The van der Waals surface area contributed by atoms with E-state index in [1.165, 1.54) is 11.1 Å². The molecule has 0 bridgehead atoms. The van der Waals surface area contributed by atoms with Gasteiger partial charge < -0.3 is 9.64 Å². The Labute approximate surface area is 116 Å². The van der Waals surface area contributed by atoms with Crippen molar-refractivity contribution in [2.45, 2.75) is 39.2 Å². The highest BCUT2D eigenvalue weighted by molar-refractivity contribution is 5.76. The third-order valence-electron chi connectivity index (χ3n) is 3.36. The third kappa shape index (κ3) is 4.06. The Morgan fingerprint density at radius 1 is 1.32 bits per heavy atom. The highest BCUT2D eigenvalue weighted by atomic mass is 16.5. The summed E-state index contributed by atoms with van der Waals surface area (Å²) >= 11 is 0. The van der Waals surface area contributed by atoms with E-state index in [1.54, 1.807) is 14.0 Å². The highest BCUT2D eigenvalue weighted by Crippen LogP contribution is 2.31.